The van der Waals surface area contributed by atoms with Gasteiger partial charge < -0.3 is 15.1 Å². The van der Waals surface area contributed by atoms with Crippen LogP contribution in [0.1, 0.15) is 4.88 Å². The highest BCUT2D eigenvalue weighted by molar-refractivity contribution is 7.99. The molecule has 156 valence electrons. The highest BCUT2D eigenvalue weighted by Gasteiger charge is 2.20. The zero-order valence-corrected chi connectivity index (χ0v) is 18.0. The van der Waals surface area contributed by atoms with Crippen LogP contribution in [0.5, 0.6) is 0 Å². The average molecular weight is 444 g/mol. The van der Waals surface area contributed by atoms with Gasteiger partial charge in [-0.1, -0.05) is 30.0 Å². The summed E-state index contributed by atoms with van der Waals surface area (Å²) in [6.07, 6.45) is 1.53. The van der Waals surface area contributed by atoms with Crippen molar-refractivity contribution in [3.05, 3.63) is 64.9 Å². The van der Waals surface area contributed by atoms with Crippen molar-refractivity contribution in [3.63, 3.8) is 0 Å². The minimum Gasteiger partial charge on any atom is -0.366 e. The van der Waals surface area contributed by atoms with Gasteiger partial charge in [-0.2, -0.15) is 0 Å². The van der Waals surface area contributed by atoms with Crippen molar-refractivity contribution in [2.45, 2.75) is 11.6 Å². The minimum atomic E-state index is -0.191. The molecule has 30 heavy (non-hydrogen) atoms. The van der Waals surface area contributed by atoms with Gasteiger partial charge in [0.1, 0.15) is 23.0 Å². The fourth-order valence-corrected chi connectivity index (χ4v) is 4.59. The predicted octanol–water partition coefficient (Wildman–Crippen LogP) is 3.41. The Balaban J connectivity index is 1.28. The van der Waals surface area contributed by atoms with E-state index in [0.717, 1.165) is 41.9 Å². The van der Waals surface area contributed by atoms with Crippen LogP contribution in [0, 0.1) is 5.82 Å². The molecule has 3 heterocycles. The van der Waals surface area contributed by atoms with Crippen LogP contribution in [0.4, 0.5) is 15.9 Å². The van der Waals surface area contributed by atoms with Gasteiger partial charge in [-0.15, -0.1) is 11.3 Å². The van der Waals surface area contributed by atoms with Gasteiger partial charge in [-0.05, 0) is 23.6 Å². The molecular weight excluding hydrogens is 421 g/mol. The molecule has 4 rings (SSSR count). The number of piperazine rings is 1. The number of hydrogen-bond acceptors (Lipinski definition) is 7. The van der Waals surface area contributed by atoms with E-state index < -0.39 is 0 Å². The van der Waals surface area contributed by atoms with Gasteiger partial charge in [0.25, 0.3) is 0 Å². The average Bonchev–Trinajstić information content (AvgIpc) is 3.31. The summed E-state index contributed by atoms with van der Waals surface area (Å²) in [6.45, 7) is 3.49. The van der Waals surface area contributed by atoms with E-state index in [1.165, 1.54) is 24.2 Å². The third-order valence-corrected chi connectivity index (χ3v) is 6.62. The maximum absolute atomic E-state index is 14.0. The molecule has 0 bridgehead atoms. The summed E-state index contributed by atoms with van der Waals surface area (Å²) in [5, 5.41) is 5.68. The highest BCUT2D eigenvalue weighted by Crippen LogP contribution is 2.24. The lowest BCUT2D eigenvalue weighted by molar-refractivity contribution is -0.118. The first-order valence-electron chi connectivity index (χ1n) is 9.67. The first-order chi connectivity index (χ1) is 14.7. The highest BCUT2D eigenvalue weighted by atomic mass is 32.2. The predicted molar refractivity (Wildman–Crippen MR) is 120 cm³/mol. The number of thiophene rings is 1. The molecule has 1 aliphatic rings. The van der Waals surface area contributed by atoms with Crippen LogP contribution < -0.4 is 15.1 Å². The first-order valence-corrected chi connectivity index (χ1v) is 11.5. The monoisotopic (exact) mass is 443 g/mol. The van der Waals surface area contributed by atoms with Crippen molar-refractivity contribution < 1.29 is 9.18 Å². The fraction of sp³-hybridized carbons (Fsp3) is 0.286. The van der Waals surface area contributed by atoms with E-state index in [9.17, 15) is 9.18 Å². The molecule has 1 fully saturated rings. The second-order valence-electron chi connectivity index (χ2n) is 6.78. The number of carbonyl (C=O) groups is 1. The Hall–Kier alpha value is -2.65. The molecule has 6 nitrogen and oxygen atoms in total. The molecule has 0 radical (unpaired) electrons. The van der Waals surface area contributed by atoms with E-state index in [4.69, 9.17) is 0 Å². The minimum absolute atomic E-state index is 0.0212. The maximum atomic E-state index is 14.0. The summed E-state index contributed by atoms with van der Waals surface area (Å²) >= 11 is 3.02. The second-order valence-corrected chi connectivity index (χ2v) is 8.81. The molecule has 0 saturated carbocycles. The standard InChI is InChI=1S/C21H22FN5OS2/c22-17-5-1-2-6-18(17)26-7-9-27(10-8-26)19-12-21(25-15-24-19)30-14-20(28)23-13-16-4-3-11-29-16/h1-6,11-12,15H,7-10,13-14H2,(H,23,28). The third-order valence-electron chi connectivity index (χ3n) is 4.82. The molecule has 0 unspecified atom stereocenters. The number of halogens is 1. The van der Waals surface area contributed by atoms with E-state index in [2.05, 4.69) is 25.1 Å². The number of carbonyl (C=O) groups excluding carboxylic acids is 1. The lowest BCUT2D eigenvalue weighted by atomic mass is 10.2. The molecule has 1 saturated heterocycles. The van der Waals surface area contributed by atoms with Crippen molar-refractivity contribution in [2.24, 2.45) is 0 Å². The van der Waals surface area contributed by atoms with Crippen LogP contribution in [-0.4, -0.2) is 47.8 Å². The zero-order valence-electron chi connectivity index (χ0n) is 16.3. The number of nitrogens with one attached hydrogen (secondary N) is 1. The molecule has 1 aliphatic heterocycles. The lowest BCUT2D eigenvalue weighted by Crippen LogP contribution is -2.47. The number of benzene rings is 1. The van der Waals surface area contributed by atoms with E-state index >= 15 is 0 Å². The zero-order chi connectivity index (χ0) is 20.8. The van der Waals surface area contributed by atoms with E-state index in [0.29, 0.717) is 18.0 Å². The van der Waals surface area contributed by atoms with Crippen molar-refractivity contribution >= 4 is 40.5 Å². The van der Waals surface area contributed by atoms with Crippen molar-refractivity contribution in [2.75, 3.05) is 41.7 Å². The van der Waals surface area contributed by atoms with E-state index in [1.807, 2.05) is 35.7 Å². The summed E-state index contributed by atoms with van der Waals surface area (Å²) in [5.74, 6) is 0.930. The summed E-state index contributed by atoms with van der Waals surface area (Å²) < 4.78 is 14.0. The van der Waals surface area contributed by atoms with Crippen LogP contribution in [-0.2, 0) is 11.3 Å². The van der Waals surface area contributed by atoms with Gasteiger partial charge in [-0.3, -0.25) is 4.79 Å². The Morgan fingerprint density at radius 2 is 1.90 bits per heavy atom. The van der Waals surface area contributed by atoms with Crippen molar-refractivity contribution in [1.29, 1.82) is 0 Å². The van der Waals surface area contributed by atoms with Crippen LogP contribution in [0.15, 0.2) is 59.2 Å². The Kier molecular flexibility index (Phi) is 6.81. The third kappa shape index (κ3) is 5.28. The molecule has 0 aliphatic carbocycles. The molecular formula is C21H22FN5OS2. The molecule has 1 amide bonds. The van der Waals surface area contributed by atoms with Gasteiger partial charge in [-0.25, -0.2) is 14.4 Å². The lowest BCUT2D eigenvalue weighted by Gasteiger charge is -2.36. The van der Waals surface area contributed by atoms with Gasteiger partial charge >= 0.3 is 0 Å². The van der Waals surface area contributed by atoms with Gasteiger partial charge in [0, 0.05) is 37.1 Å². The molecule has 2 aromatic heterocycles. The smallest absolute Gasteiger partial charge is 0.230 e. The van der Waals surface area contributed by atoms with Gasteiger partial charge in [0.15, 0.2) is 0 Å². The quantitative estimate of drug-likeness (QED) is 0.446. The SMILES string of the molecule is O=C(CSc1cc(N2CCN(c3ccccc3F)CC2)ncn1)NCc1cccs1. The Bertz CT molecular complexity index is 977. The number of aromatic nitrogens is 2. The molecule has 9 heteroatoms. The number of hydrogen-bond donors (Lipinski definition) is 1. The maximum Gasteiger partial charge on any atom is 0.230 e. The summed E-state index contributed by atoms with van der Waals surface area (Å²) in [5.41, 5.74) is 0.643. The van der Waals surface area contributed by atoms with Crippen LogP contribution in [0.3, 0.4) is 0 Å². The molecule has 1 N–H and O–H groups in total. The Morgan fingerprint density at radius 3 is 2.67 bits per heavy atom. The number of rotatable bonds is 7. The van der Waals surface area contributed by atoms with Gasteiger partial charge in [0.2, 0.25) is 5.91 Å². The fourth-order valence-electron chi connectivity index (χ4n) is 3.26. The van der Waals surface area contributed by atoms with Crippen molar-refractivity contribution in [3.8, 4) is 0 Å². The van der Waals surface area contributed by atoms with Crippen LogP contribution >= 0.6 is 23.1 Å². The number of amides is 1. The number of thioether (sulfide) groups is 1. The van der Waals surface area contributed by atoms with Crippen molar-refractivity contribution in [1.82, 2.24) is 15.3 Å². The van der Waals surface area contributed by atoms with E-state index in [1.54, 1.807) is 17.4 Å². The van der Waals surface area contributed by atoms with Gasteiger partial charge in [0.05, 0.1) is 18.0 Å². The summed E-state index contributed by atoms with van der Waals surface area (Å²) in [6, 6.07) is 12.8. The molecule has 0 atom stereocenters. The number of anilines is 2. The number of nitrogens with zero attached hydrogens (tertiary/aromatic N) is 4. The largest absolute Gasteiger partial charge is 0.366 e. The summed E-state index contributed by atoms with van der Waals surface area (Å²) in [7, 11) is 0. The van der Waals surface area contributed by atoms with Crippen LogP contribution in [0.25, 0.3) is 0 Å². The first kappa shape index (κ1) is 20.6. The normalized spacial score (nSPS) is 14.0. The molecule has 0 spiro atoms. The topological polar surface area (TPSA) is 61.4 Å². The van der Waals surface area contributed by atoms with Crippen LogP contribution in [0.2, 0.25) is 0 Å². The Labute approximate surface area is 183 Å². The molecule has 3 aromatic rings. The van der Waals surface area contributed by atoms with E-state index in [-0.39, 0.29) is 11.7 Å². The second kappa shape index (κ2) is 9.90. The molecule has 1 aromatic carbocycles. The Morgan fingerprint density at radius 1 is 1.10 bits per heavy atom. The number of para-hydroxylation sites is 1. The summed E-state index contributed by atoms with van der Waals surface area (Å²) in [4.78, 5) is 26.1.